The molecule has 110 valence electrons. The molecule has 0 fully saturated rings. The highest BCUT2D eigenvalue weighted by Crippen LogP contribution is 2.16. The first kappa shape index (κ1) is 16.0. The second-order valence-corrected chi connectivity index (χ2v) is 6.53. The van der Waals surface area contributed by atoms with E-state index < -0.39 is 0 Å². The summed E-state index contributed by atoms with van der Waals surface area (Å²) in [7, 11) is 0. The molecule has 2 aromatic carbocycles. The third-order valence-corrected chi connectivity index (χ3v) is 4.10. The molecule has 1 amide bonds. The van der Waals surface area contributed by atoms with Gasteiger partial charge in [-0.05, 0) is 48.9 Å². The lowest BCUT2D eigenvalue weighted by Crippen LogP contribution is -2.32. The molecule has 0 aromatic heterocycles. The average Bonchev–Trinajstić information content (AvgIpc) is 2.47. The molecule has 0 aliphatic carbocycles. The minimum Gasteiger partial charge on any atom is -0.376 e. The van der Waals surface area contributed by atoms with E-state index in [2.05, 4.69) is 42.5 Å². The van der Waals surface area contributed by atoms with Crippen LogP contribution in [0.5, 0.6) is 0 Å². The number of carbonyl (C=O) groups excluding carboxylic acids is 1. The van der Waals surface area contributed by atoms with Crippen molar-refractivity contribution < 1.29 is 4.79 Å². The highest BCUT2D eigenvalue weighted by atomic mass is 79.9. The number of amides is 1. The minimum atomic E-state index is -0.0339. The fraction of sp³-hybridized carbons (Fsp3) is 0.188. The fourth-order valence-electron chi connectivity index (χ4n) is 1.88. The van der Waals surface area contributed by atoms with Crippen LogP contribution < -0.4 is 10.6 Å². The van der Waals surface area contributed by atoms with E-state index in [1.54, 1.807) is 0 Å². The van der Waals surface area contributed by atoms with Crippen LogP contribution in [0.15, 0.2) is 57.5 Å². The fourth-order valence-corrected chi connectivity index (χ4v) is 2.41. The summed E-state index contributed by atoms with van der Waals surface area (Å²) < 4.78 is 2.04. The monoisotopic (exact) mass is 410 g/mol. The summed E-state index contributed by atoms with van der Waals surface area (Å²) in [6, 6.07) is 15.6. The molecule has 5 heteroatoms. The van der Waals surface area contributed by atoms with Crippen LogP contribution >= 0.6 is 31.9 Å². The lowest BCUT2D eigenvalue weighted by atomic mass is 10.1. The van der Waals surface area contributed by atoms with Gasteiger partial charge in [0.15, 0.2) is 0 Å². The summed E-state index contributed by atoms with van der Waals surface area (Å²) in [6.45, 7) is 2.23. The van der Waals surface area contributed by atoms with E-state index in [1.165, 1.54) is 0 Å². The molecule has 0 saturated carbocycles. The molecular formula is C16H16Br2N2O. The normalized spacial score (nSPS) is 11.8. The second-order valence-electron chi connectivity index (χ2n) is 4.70. The van der Waals surface area contributed by atoms with Crippen molar-refractivity contribution >= 4 is 43.5 Å². The maximum Gasteiger partial charge on any atom is 0.239 e. The third kappa shape index (κ3) is 5.17. The summed E-state index contributed by atoms with van der Waals surface area (Å²) in [6.07, 6.45) is 0. The molecular weight excluding hydrogens is 396 g/mol. The van der Waals surface area contributed by atoms with Crippen LogP contribution in [0.1, 0.15) is 18.5 Å². The number of hydrogen-bond donors (Lipinski definition) is 2. The van der Waals surface area contributed by atoms with Gasteiger partial charge in [0.25, 0.3) is 0 Å². The molecule has 0 aliphatic heterocycles. The number of carbonyl (C=O) groups is 1. The molecule has 1 atom stereocenters. The van der Waals surface area contributed by atoms with Crippen LogP contribution in [0.4, 0.5) is 5.69 Å². The molecule has 0 saturated heterocycles. The number of benzene rings is 2. The first-order valence-corrected chi connectivity index (χ1v) is 8.17. The maximum atomic E-state index is 11.9. The summed E-state index contributed by atoms with van der Waals surface area (Å²) in [5, 5.41) is 6.07. The van der Waals surface area contributed by atoms with Gasteiger partial charge in [0.1, 0.15) is 0 Å². The predicted octanol–water partition coefficient (Wildman–Crippen LogP) is 4.50. The lowest BCUT2D eigenvalue weighted by Gasteiger charge is -2.15. The van der Waals surface area contributed by atoms with Gasteiger partial charge in [-0.3, -0.25) is 4.79 Å². The molecule has 21 heavy (non-hydrogen) atoms. The van der Waals surface area contributed by atoms with E-state index in [1.807, 2.05) is 55.5 Å². The highest BCUT2D eigenvalue weighted by molar-refractivity contribution is 9.10. The van der Waals surface area contributed by atoms with E-state index in [0.29, 0.717) is 0 Å². The van der Waals surface area contributed by atoms with Crippen LogP contribution in [-0.2, 0) is 4.79 Å². The zero-order chi connectivity index (χ0) is 15.2. The molecule has 2 aromatic rings. The van der Waals surface area contributed by atoms with Gasteiger partial charge in [-0.1, -0.05) is 44.0 Å². The predicted molar refractivity (Wildman–Crippen MR) is 93.3 cm³/mol. The minimum absolute atomic E-state index is 0.0164. The summed E-state index contributed by atoms with van der Waals surface area (Å²) in [4.78, 5) is 11.9. The van der Waals surface area contributed by atoms with Crippen molar-refractivity contribution in [2.45, 2.75) is 13.0 Å². The highest BCUT2D eigenvalue weighted by Gasteiger charge is 2.09. The Morgan fingerprint density at radius 3 is 2.10 bits per heavy atom. The quantitative estimate of drug-likeness (QED) is 0.760. The van der Waals surface area contributed by atoms with Crippen molar-refractivity contribution in [2.75, 3.05) is 11.9 Å². The number of halogens is 2. The average molecular weight is 412 g/mol. The summed E-state index contributed by atoms with van der Waals surface area (Å²) >= 11 is 6.78. The smallest absolute Gasteiger partial charge is 0.239 e. The van der Waals surface area contributed by atoms with Crippen LogP contribution in [0.2, 0.25) is 0 Å². The van der Waals surface area contributed by atoms with Gasteiger partial charge in [-0.2, -0.15) is 0 Å². The Morgan fingerprint density at radius 1 is 1.00 bits per heavy atom. The molecule has 0 spiro atoms. The van der Waals surface area contributed by atoms with Gasteiger partial charge in [-0.15, -0.1) is 0 Å². The molecule has 0 aliphatic rings. The zero-order valence-corrected chi connectivity index (χ0v) is 14.7. The molecule has 0 heterocycles. The Balaban J connectivity index is 1.83. The van der Waals surface area contributed by atoms with Crippen molar-refractivity contribution in [3.8, 4) is 0 Å². The number of anilines is 1. The van der Waals surface area contributed by atoms with Crippen LogP contribution in [-0.4, -0.2) is 12.5 Å². The van der Waals surface area contributed by atoms with Crippen molar-refractivity contribution in [3.63, 3.8) is 0 Å². The van der Waals surface area contributed by atoms with E-state index in [-0.39, 0.29) is 18.5 Å². The molecule has 3 nitrogen and oxygen atoms in total. The number of rotatable bonds is 5. The number of nitrogens with one attached hydrogen (secondary N) is 2. The van der Waals surface area contributed by atoms with Crippen molar-refractivity contribution in [3.05, 3.63) is 63.0 Å². The van der Waals surface area contributed by atoms with Crippen molar-refractivity contribution in [1.82, 2.24) is 5.32 Å². The van der Waals surface area contributed by atoms with Gasteiger partial charge >= 0.3 is 0 Å². The Bertz CT molecular complexity index is 597. The first-order valence-electron chi connectivity index (χ1n) is 6.59. The van der Waals surface area contributed by atoms with Gasteiger partial charge in [0.2, 0.25) is 5.91 Å². The molecule has 0 unspecified atom stereocenters. The molecule has 2 N–H and O–H groups in total. The largest absolute Gasteiger partial charge is 0.376 e. The van der Waals surface area contributed by atoms with Crippen molar-refractivity contribution in [1.29, 1.82) is 0 Å². The maximum absolute atomic E-state index is 11.9. The Hall–Kier alpha value is -1.33. The Morgan fingerprint density at radius 2 is 1.52 bits per heavy atom. The van der Waals surface area contributed by atoms with E-state index in [9.17, 15) is 4.79 Å². The summed E-state index contributed by atoms with van der Waals surface area (Å²) in [5.41, 5.74) is 2.00. The van der Waals surface area contributed by atoms with E-state index in [0.717, 1.165) is 20.2 Å². The van der Waals surface area contributed by atoms with E-state index >= 15 is 0 Å². The van der Waals surface area contributed by atoms with E-state index in [4.69, 9.17) is 0 Å². The standard InChI is InChI=1S/C16H16Br2N2O/c1-11(12-2-4-13(17)5-3-12)20-16(21)10-19-15-8-6-14(18)7-9-15/h2-9,11,19H,10H2,1H3,(H,20,21)/t11-/m0/s1. The van der Waals surface area contributed by atoms with Crippen molar-refractivity contribution in [2.24, 2.45) is 0 Å². The third-order valence-electron chi connectivity index (χ3n) is 3.04. The summed E-state index contributed by atoms with van der Waals surface area (Å²) in [5.74, 6) is -0.0339. The Labute approximate surface area is 141 Å². The van der Waals surface area contributed by atoms with Gasteiger partial charge < -0.3 is 10.6 Å². The lowest BCUT2D eigenvalue weighted by molar-refractivity contribution is -0.120. The molecule has 2 rings (SSSR count). The molecule has 0 radical (unpaired) electrons. The van der Waals surface area contributed by atoms with Crippen LogP contribution in [0.25, 0.3) is 0 Å². The first-order chi connectivity index (χ1) is 10.0. The van der Waals surface area contributed by atoms with Gasteiger partial charge in [0.05, 0.1) is 12.6 Å². The zero-order valence-electron chi connectivity index (χ0n) is 11.6. The topological polar surface area (TPSA) is 41.1 Å². The van der Waals surface area contributed by atoms with Crippen LogP contribution in [0.3, 0.4) is 0 Å². The number of hydrogen-bond acceptors (Lipinski definition) is 2. The van der Waals surface area contributed by atoms with Gasteiger partial charge in [0, 0.05) is 14.6 Å². The van der Waals surface area contributed by atoms with Crippen LogP contribution in [0, 0.1) is 0 Å². The second kappa shape index (κ2) is 7.61. The van der Waals surface area contributed by atoms with Gasteiger partial charge in [-0.25, -0.2) is 0 Å². The SMILES string of the molecule is C[C@H](NC(=O)CNc1ccc(Br)cc1)c1ccc(Br)cc1. The molecule has 0 bridgehead atoms. The Kier molecular flexibility index (Phi) is 5.82.